The molecule has 0 radical (unpaired) electrons. The third-order valence-corrected chi connectivity index (χ3v) is 5.67. The van der Waals surface area contributed by atoms with Crippen molar-refractivity contribution >= 4 is 23.6 Å². The van der Waals surface area contributed by atoms with Crippen molar-refractivity contribution in [2.45, 2.75) is 44.2 Å². The van der Waals surface area contributed by atoms with Crippen LogP contribution in [0, 0.1) is 5.92 Å². The van der Waals surface area contributed by atoms with Crippen molar-refractivity contribution in [3.63, 3.8) is 0 Å². The summed E-state index contributed by atoms with van der Waals surface area (Å²) in [7, 11) is 0. The van der Waals surface area contributed by atoms with Crippen LogP contribution in [0.5, 0.6) is 0 Å². The Morgan fingerprint density at radius 3 is 2.67 bits per heavy atom. The van der Waals surface area contributed by atoms with E-state index in [1.807, 2.05) is 42.1 Å². The molecular weight excluding hydrogens is 328 g/mol. The van der Waals surface area contributed by atoms with Crippen molar-refractivity contribution in [1.29, 1.82) is 0 Å². The van der Waals surface area contributed by atoms with Crippen LogP contribution >= 0.6 is 11.8 Å². The van der Waals surface area contributed by atoms with Crippen molar-refractivity contribution in [3.8, 4) is 0 Å². The highest BCUT2D eigenvalue weighted by Gasteiger charge is 2.55. The molecule has 6 nitrogen and oxygen atoms in total. The Morgan fingerprint density at radius 2 is 2.08 bits per heavy atom. The second-order valence-corrected chi connectivity index (χ2v) is 7.84. The van der Waals surface area contributed by atoms with Gasteiger partial charge in [-0.3, -0.25) is 4.79 Å². The van der Waals surface area contributed by atoms with Crippen LogP contribution in [0.15, 0.2) is 41.2 Å². The fourth-order valence-electron chi connectivity index (χ4n) is 3.46. The van der Waals surface area contributed by atoms with Crippen LogP contribution in [-0.2, 0) is 16.1 Å². The standard InChI is InChI=1S/C17H20N2O4S/c1-10(9-18-6-4-3-5-7-18)24-13-8-12-14(11(2)20)16(21)19(12)15(13)17(22)23/h3-7,10-12,14,20H,8-9H2,1-2H3/t10-,11+,12+,14+/m0/s1. The van der Waals surface area contributed by atoms with Crippen LogP contribution in [0.4, 0.5) is 0 Å². The molecule has 4 atom stereocenters. The first-order valence-corrected chi connectivity index (χ1v) is 8.84. The number of carboxylic acid groups (broad SMARTS) is 1. The summed E-state index contributed by atoms with van der Waals surface area (Å²) in [5.74, 6) is -2.16. The van der Waals surface area contributed by atoms with E-state index in [9.17, 15) is 19.8 Å². The van der Waals surface area contributed by atoms with E-state index in [4.69, 9.17) is 0 Å². The van der Waals surface area contributed by atoms with E-state index >= 15 is 0 Å². The lowest BCUT2D eigenvalue weighted by atomic mass is 9.83. The van der Waals surface area contributed by atoms with Gasteiger partial charge in [0.2, 0.25) is 5.91 Å². The van der Waals surface area contributed by atoms with E-state index in [-0.39, 0.29) is 22.9 Å². The minimum Gasteiger partial charge on any atom is -0.543 e. The normalized spacial score (nSPS) is 25.3. The number of hydrogen-bond donors (Lipinski definition) is 1. The predicted octanol–water partition coefficient (Wildman–Crippen LogP) is -0.331. The number of rotatable bonds is 6. The first-order valence-electron chi connectivity index (χ1n) is 7.96. The zero-order valence-electron chi connectivity index (χ0n) is 13.6. The average molecular weight is 348 g/mol. The van der Waals surface area contributed by atoms with Crippen LogP contribution in [0.2, 0.25) is 0 Å². The number of nitrogens with zero attached hydrogens (tertiary/aromatic N) is 2. The zero-order chi connectivity index (χ0) is 17.4. The van der Waals surface area contributed by atoms with Crippen molar-refractivity contribution < 1.29 is 24.4 Å². The summed E-state index contributed by atoms with van der Waals surface area (Å²) < 4.78 is 2.03. The Kier molecular flexibility index (Phi) is 4.64. The molecule has 0 spiro atoms. The number of aromatic nitrogens is 1. The van der Waals surface area contributed by atoms with Crippen LogP contribution in [0.25, 0.3) is 0 Å². The van der Waals surface area contributed by atoms with Gasteiger partial charge in [-0.25, -0.2) is 4.57 Å². The van der Waals surface area contributed by atoms with E-state index in [0.717, 1.165) is 6.54 Å². The summed E-state index contributed by atoms with van der Waals surface area (Å²) in [5, 5.41) is 21.4. The molecule has 3 rings (SSSR count). The van der Waals surface area contributed by atoms with Crippen molar-refractivity contribution in [2.24, 2.45) is 5.92 Å². The first kappa shape index (κ1) is 17.0. The molecule has 0 aromatic carbocycles. The average Bonchev–Trinajstić information content (AvgIpc) is 2.82. The molecule has 1 aromatic heterocycles. The molecule has 2 aliphatic rings. The Labute approximate surface area is 144 Å². The highest BCUT2D eigenvalue weighted by Crippen LogP contribution is 2.47. The van der Waals surface area contributed by atoms with Gasteiger partial charge in [0.1, 0.15) is 0 Å². The second kappa shape index (κ2) is 6.57. The van der Waals surface area contributed by atoms with Crippen LogP contribution < -0.4 is 9.67 Å². The lowest BCUT2D eigenvalue weighted by molar-refractivity contribution is -0.695. The van der Waals surface area contributed by atoms with Gasteiger partial charge in [0.25, 0.3) is 0 Å². The summed E-state index contributed by atoms with van der Waals surface area (Å²) in [4.78, 5) is 25.6. The van der Waals surface area contributed by atoms with Crippen molar-refractivity contribution in [1.82, 2.24) is 4.90 Å². The van der Waals surface area contributed by atoms with Gasteiger partial charge in [-0.05, 0) is 13.8 Å². The molecule has 1 saturated heterocycles. The maximum atomic E-state index is 12.1. The van der Waals surface area contributed by atoms with Crippen molar-refractivity contribution in [2.75, 3.05) is 0 Å². The SMILES string of the molecule is C[C@@H](C[n+]1ccccc1)SC1=C(C(=O)[O-])N2C(=O)[C@H]([C@@H](C)O)[C@H]2C1. The summed E-state index contributed by atoms with van der Waals surface area (Å²) in [5.41, 5.74) is -0.0168. The third kappa shape index (κ3) is 2.93. The van der Waals surface area contributed by atoms with E-state index in [2.05, 4.69) is 0 Å². The van der Waals surface area contributed by atoms with Gasteiger partial charge >= 0.3 is 0 Å². The summed E-state index contributed by atoms with van der Waals surface area (Å²) in [6, 6.07) is 5.56. The molecule has 0 bridgehead atoms. The Balaban J connectivity index is 1.75. The second-order valence-electron chi connectivity index (χ2n) is 6.31. The molecule has 1 fully saturated rings. The Hall–Kier alpha value is -1.86. The fourth-order valence-corrected chi connectivity index (χ4v) is 4.75. The lowest BCUT2D eigenvalue weighted by Crippen LogP contribution is -2.62. The molecule has 1 N–H and O–H groups in total. The van der Waals surface area contributed by atoms with Gasteiger partial charge in [0.05, 0.1) is 35.0 Å². The summed E-state index contributed by atoms with van der Waals surface area (Å²) in [6.45, 7) is 4.32. The quantitative estimate of drug-likeness (QED) is 0.562. The topological polar surface area (TPSA) is 84.5 Å². The van der Waals surface area contributed by atoms with Gasteiger partial charge in [-0.1, -0.05) is 6.07 Å². The maximum Gasteiger partial charge on any atom is 0.235 e. The van der Waals surface area contributed by atoms with E-state index in [1.165, 1.54) is 16.7 Å². The number of pyridine rings is 1. The number of thioether (sulfide) groups is 1. The Morgan fingerprint density at radius 1 is 1.42 bits per heavy atom. The lowest BCUT2D eigenvalue weighted by Gasteiger charge is -2.45. The number of aliphatic carboxylic acids is 1. The van der Waals surface area contributed by atoms with Crippen LogP contribution in [0.3, 0.4) is 0 Å². The zero-order valence-corrected chi connectivity index (χ0v) is 14.4. The Bertz CT molecular complexity index is 689. The number of fused-ring (bicyclic) bond motifs is 1. The first-order chi connectivity index (χ1) is 11.4. The fraction of sp³-hybridized carbons (Fsp3) is 0.471. The molecule has 7 heteroatoms. The van der Waals surface area contributed by atoms with Crippen LogP contribution in [-0.4, -0.2) is 39.3 Å². The van der Waals surface area contributed by atoms with Gasteiger partial charge in [-0.15, -0.1) is 11.8 Å². The highest BCUT2D eigenvalue weighted by molar-refractivity contribution is 8.03. The highest BCUT2D eigenvalue weighted by atomic mass is 32.2. The number of hydrogen-bond acceptors (Lipinski definition) is 5. The van der Waals surface area contributed by atoms with Crippen molar-refractivity contribution in [3.05, 3.63) is 41.2 Å². The number of aliphatic hydroxyl groups is 1. The molecule has 3 heterocycles. The van der Waals surface area contributed by atoms with Gasteiger partial charge < -0.3 is 19.9 Å². The minimum atomic E-state index is -1.32. The predicted molar refractivity (Wildman–Crippen MR) is 86.1 cm³/mol. The largest absolute Gasteiger partial charge is 0.543 e. The molecule has 0 unspecified atom stereocenters. The van der Waals surface area contributed by atoms with Gasteiger partial charge in [0.15, 0.2) is 18.9 Å². The van der Waals surface area contributed by atoms with E-state index in [0.29, 0.717) is 11.3 Å². The molecule has 1 amide bonds. The summed E-state index contributed by atoms with van der Waals surface area (Å²) in [6.07, 6.45) is 3.61. The molecular formula is C17H20N2O4S. The molecule has 0 saturated carbocycles. The van der Waals surface area contributed by atoms with E-state index in [1.54, 1.807) is 6.92 Å². The van der Waals surface area contributed by atoms with Gasteiger partial charge in [-0.2, -0.15) is 0 Å². The third-order valence-electron chi connectivity index (χ3n) is 4.47. The van der Waals surface area contributed by atoms with E-state index < -0.39 is 18.0 Å². The number of β-lactam (4-membered cyclic amide) rings is 1. The monoisotopic (exact) mass is 348 g/mol. The molecule has 1 aromatic rings. The number of carboxylic acids is 1. The molecule has 0 aliphatic carbocycles. The number of carbonyl (C=O) groups excluding carboxylic acids is 2. The smallest absolute Gasteiger partial charge is 0.235 e. The number of aliphatic hydroxyl groups excluding tert-OH is 1. The minimum absolute atomic E-state index is 0.0168. The maximum absolute atomic E-state index is 12.1. The van der Waals surface area contributed by atoms with Crippen LogP contribution in [0.1, 0.15) is 20.3 Å². The number of carbonyl (C=O) groups is 2. The summed E-state index contributed by atoms with van der Waals surface area (Å²) >= 11 is 1.46. The van der Waals surface area contributed by atoms with Gasteiger partial charge in [0, 0.05) is 23.5 Å². The molecule has 24 heavy (non-hydrogen) atoms. The molecule has 2 aliphatic heterocycles. The number of amides is 1. The molecule has 128 valence electrons.